The molecule has 1 aliphatic heterocycles. The number of aliphatic imine (C=N–C) groups is 1. The van der Waals surface area contributed by atoms with Crippen LogP contribution in [0.4, 0.5) is 0 Å². The number of ether oxygens (including phenoxy) is 2. The van der Waals surface area contributed by atoms with Crippen molar-refractivity contribution in [3.05, 3.63) is 46.9 Å². The van der Waals surface area contributed by atoms with Crippen molar-refractivity contribution in [2.45, 2.75) is 6.92 Å². The quantitative estimate of drug-likeness (QED) is 0.797. The maximum Gasteiger partial charge on any atom is 0.343 e. The molecule has 23 heavy (non-hydrogen) atoms. The Morgan fingerprint density at radius 3 is 2.52 bits per heavy atom. The second kappa shape index (κ2) is 6.78. The SMILES string of the molecule is COC(=O)C1=C(O)/C(=C/c2ccc(OCC(N)=O)cc2)N=C1C. The van der Waals surface area contributed by atoms with Crippen molar-refractivity contribution in [2.75, 3.05) is 13.7 Å². The first kappa shape index (κ1) is 16.3. The van der Waals surface area contributed by atoms with E-state index >= 15 is 0 Å². The lowest BCUT2D eigenvalue weighted by molar-refractivity contribution is -0.135. The largest absolute Gasteiger partial charge is 0.505 e. The molecule has 1 aromatic carbocycles. The van der Waals surface area contributed by atoms with Gasteiger partial charge >= 0.3 is 5.97 Å². The zero-order valence-electron chi connectivity index (χ0n) is 12.7. The lowest BCUT2D eigenvalue weighted by Crippen LogP contribution is -2.19. The number of hydrogen-bond donors (Lipinski definition) is 2. The molecule has 0 atom stereocenters. The van der Waals surface area contributed by atoms with Crippen LogP contribution in [0.3, 0.4) is 0 Å². The van der Waals surface area contributed by atoms with Gasteiger partial charge in [0.25, 0.3) is 5.91 Å². The number of amides is 1. The average molecular weight is 316 g/mol. The fourth-order valence-electron chi connectivity index (χ4n) is 2.01. The second-order valence-corrected chi connectivity index (χ2v) is 4.77. The van der Waals surface area contributed by atoms with E-state index in [0.29, 0.717) is 11.5 Å². The van der Waals surface area contributed by atoms with E-state index in [9.17, 15) is 14.7 Å². The molecule has 1 amide bonds. The predicted molar refractivity (Wildman–Crippen MR) is 83.9 cm³/mol. The van der Waals surface area contributed by atoms with Crippen LogP contribution in [0.25, 0.3) is 6.08 Å². The van der Waals surface area contributed by atoms with Crippen molar-refractivity contribution in [1.82, 2.24) is 0 Å². The Labute approximate surface area is 132 Å². The zero-order valence-corrected chi connectivity index (χ0v) is 12.7. The molecule has 0 saturated heterocycles. The Kier molecular flexibility index (Phi) is 4.80. The number of hydrogen-bond acceptors (Lipinski definition) is 6. The van der Waals surface area contributed by atoms with Crippen molar-refractivity contribution in [3.63, 3.8) is 0 Å². The summed E-state index contributed by atoms with van der Waals surface area (Å²) in [5.74, 6) is -0.921. The van der Waals surface area contributed by atoms with Gasteiger partial charge in [0, 0.05) is 0 Å². The van der Waals surface area contributed by atoms with E-state index in [1.165, 1.54) is 7.11 Å². The summed E-state index contributed by atoms with van der Waals surface area (Å²) in [5.41, 5.74) is 6.45. The fourth-order valence-corrected chi connectivity index (χ4v) is 2.01. The van der Waals surface area contributed by atoms with Crippen molar-refractivity contribution >= 4 is 23.7 Å². The molecular formula is C16H16N2O5. The number of carbonyl (C=O) groups excluding carboxylic acids is 2. The summed E-state index contributed by atoms with van der Waals surface area (Å²) in [6.07, 6.45) is 1.62. The molecule has 2 rings (SSSR count). The Bertz CT molecular complexity index is 729. The van der Waals surface area contributed by atoms with Crippen LogP contribution < -0.4 is 10.5 Å². The molecule has 7 nitrogen and oxygen atoms in total. The van der Waals surface area contributed by atoms with Gasteiger partial charge in [-0.15, -0.1) is 0 Å². The van der Waals surface area contributed by atoms with Gasteiger partial charge in [-0.25, -0.2) is 9.79 Å². The van der Waals surface area contributed by atoms with E-state index in [1.54, 1.807) is 37.3 Å². The maximum absolute atomic E-state index is 11.6. The highest BCUT2D eigenvalue weighted by Crippen LogP contribution is 2.26. The topological polar surface area (TPSA) is 111 Å². The molecule has 3 N–H and O–H groups in total. The summed E-state index contributed by atoms with van der Waals surface area (Å²) in [4.78, 5) is 26.4. The molecule has 1 aromatic rings. The molecule has 0 radical (unpaired) electrons. The minimum atomic E-state index is -0.637. The highest BCUT2D eigenvalue weighted by Gasteiger charge is 2.27. The number of methoxy groups -OCH3 is 1. The second-order valence-electron chi connectivity index (χ2n) is 4.77. The number of aliphatic hydroxyl groups excluding tert-OH is 1. The van der Waals surface area contributed by atoms with Gasteiger partial charge in [0.05, 0.1) is 12.8 Å². The van der Waals surface area contributed by atoms with Crippen molar-refractivity contribution in [3.8, 4) is 5.75 Å². The smallest absolute Gasteiger partial charge is 0.343 e. The monoisotopic (exact) mass is 316 g/mol. The van der Waals surface area contributed by atoms with E-state index in [4.69, 9.17) is 10.5 Å². The van der Waals surface area contributed by atoms with Crippen LogP contribution in [-0.2, 0) is 14.3 Å². The summed E-state index contributed by atoms with van der Waals surface area (Å²) >= 11 is 0. The predicted octanol–water partition coefficient (Wildman–Crippen LogP) is 1.35. The van der Waals surface area contributed by atoms with Crippen molar-refractivity contribution in [1.29, 1.82) is 0 Å². The van der Waals surface area contributed by atoms with Crippen LogP contribution in [0.1, 0.15) is 12.5 Å². The highest BCUT2D eigenvalue weighted by atomic mass is 16.5. The number of esters is 1. The van der Waals surface area contributed by atoms with E-state index in [-0.39, 0.29) is 23.6 Å². The normalized spacial score (nSPS) is 15.6. The molecule has 7 heteroatoms. The lowest BCUT2D eigenvalue weighted by atomic mass is 10.1. The van der Waals surface area contributed by atoms with Crippen LogP contribution in [0, 0.1) is 0 Å². The summed E-state index contributed by atoms with van der Waals surface area (Å²) in [6, 6.07) is 6.75. The minimum Gasteiger partial charge on any atom is -0.505 e. The van der Waals surface area contributed by atoms with Gasteiger partial charge in [-0.2, -0.15) is 0 Å². The first-order valence-electron chi connectivity index (χ1n) is 6.73. The molecule has 0 fully saturated rings. The Balaban J connectivity index is 2.21. The first-order chi connectivity index (χ1) is 10.9. The first-order valence-corrected chi connectivity index (χ1v) is 6.73. The molecule has 0 aromatic heterocycles. The van der Waals surface area contributed by atoms with E-state index in [2.05, 4.69) is 9.73 Å². The Morgan fingerprint density at radius 1 is 1.30 bits per heavy atom. The van der Waals surface area contributed by atoms with Crippen LogP contribution in [0.5, 0.6) is 5.75 Å². The molecule has 1 aliphatic rings. The molecule has 1 heterocycles. The molecule has 0 bridgehead atoms. The van der Waals surface area contributed by atoms with Crippen LogP contribution in [0.15, 0.2) is 46.3 Å². The minimum absolute atomic E-state index is 0.0557. The summed E-state index contributed by atoms with van der Waals surface area (Å²) < 4.78 is 9.77. The number of rotatable bonds is 5. The zero-order chi connectivity index (χ0) is 17.0. The van der Waals surface area contributed by atoms with E-state index < -0.39 is 11.9 Å². The van der Waals surface area contributed by atoms with Gasteiger partial charge < -0.3 is 20.3 Å². The Hall–Kier alpha value is -3.09. The van der Waals surface area contributed by atoms with Gasteiger partial charge in [0.1, 0.15) is 17.0 Å². The third kappa shape index (κ3) is 3.76. The molecule has 0 unspecified atom stereocenters. The number of benzene rings is 1. The third-order valence-electron chi connectivity index (χ3n) is 3.08. The fraction of sp³-hybridized carbons (Fsp3) is 0.188. The number of carbonyl (C=O) groups is 2. The van der Waals surface area contributed by atoms with E-state index in [1.807, 2.05) is 0 Å². The van der Waals surface area contributed by atoms with Crippen LogP contribution >= 0.6 is 0 Å². The number of nitrogens with two attached hydrogens (primary N) is 1. The van der Waals surface area contributed by atoms with Gasteiger partial charge in [-0.3, -0.25) is 4.79 Å². The van der Waals surface area contributed by atoms with Gasteiger partial charge in [-0.1, -0.05) is 12.1 Å². The molecular weight excluding hydrogens is 300 g/mol. The van der Waals surface area contributed by atoms with Crippen LogP contribution in [0.2, 0.25) is 0 Å². The van der Waals surface area contributed by atoms with Gasteiger partial charge in [-0.05, 0) is 30.7 Å². The number of nitrogens with zero attached hydrogens (tertiary/aromatic N) is 1. The van der Waals surface area contributed by atoms with Crippen LogP contribution in [-0.4, -0.2) is 36.4 Å². The maximum atomic E-state index is 11.6. The molecule has 0 spiro atoms. The Morgan fingerprint density at radius 2 is 1.96 bits per heavy atom. The van der Waals surface area contributed by atoms with Gasteiger partial charge in [0.15, 0.2) is 12.4 Å². The standard InChI is InChI=1S/C16H16N2O5/c1-9-14(16(21)22-2)15(20)12(18-9)7-10-3-5-11(6-4-10)23-8-13(17)19/h3-7,20H,8H2,1-2H3,(H2,17,19)/b12-7-. The third-order valence-corrected chi connectivity index (χ3v) is 3.08. The number of aliphatic hydroxyl groups is 1. The molecule has 0 aliphatic carbocycles. The molecule has 0 saturated carbocycles. The summed E-state index contributed by atoms with van der Waals surface area (Å²) in [5, 5.41) is 10.1. The summed E-state index contributed by atoms with van der Waals surface area (Å²) in [6.45, 7) is 1.42. The van der Waals surface area contributed by atoms with Crippen molar-refractivity contribution < 1.29 is 24.2 Å². The number of primary amides is 1. The average Bonchev–Trinajstić information content (AvgIpc) is 2.80. The van der Waals surface area contributed by atoms with Crippen molar-refractivity contribution in [2.24, 2.45) is 10.7 Å². The highest BCUT2D eigenvalue weighted by molar-refractivity contribution is 6.21. The lowest BCUT2D eigenvalue weighted by Gasteiger charge is -2.04. The molecule has 120 valence electrons. The summed E-state index contributed by atoms with van der Waals surface area (Å²) in [7, 11) is 1.24. The van der Waals surface area contributed by atoms with Gasteiger partial charge in [0.2, 0.25) is 0 Å². The van der Waals surface area contributed by atoms with E-state index in [0.717, 1.165) is 5.56 Å².